The summed E-state index contributed by atoms with van der Waals surface area (Å²) in [5.41, 5.74) is 1.94. The van der Waals surface area contributed by atoms with Gasteiger partial charge < -0.3 is 19.0 Å². The molecule has 1 N–H and O–H groups in total. The van der Waals surface area contributed by atoms with Crippen LogP contribution in [-0.2, 0) is 19.6 Å². The van der Waals surface area contributed by atoms with Crippen molar-refractivity contribution < 1.29 is 23.8 Å². The number of rotatable bonds is 7. The number of hydrogen-bond acceptors (Lipinski definition) is 6. The molecule has 144 valence electrons. The average molecular weight is 401 g/mol. The molecule has 0 fully saturated rings. The highest BCUT2D eigenvalue weighted by Gasteiger charge is 2.18. The van der Waals surface area contributed by atoms with Crippen LogP contribution >= 0.6 is 11.6 Å². The highest BCUT2D eigenvalue weighted by Crippen LogP contribution is 2.33. The van der Waals surface area contributed by atoms with Gasteiger partial charge in [0.15, 0.2) is 17.2 Å². The van der Waals surface area contributed by atoms with E-state index in [2.05, 4.69) is 9.88 Å². The maximum absolute atomic E-state index is 11.1. The minimum Gasteiger partial charge on any atom is -0.476 e. The predicted molar refractivity (Wildman–Crippen MR) is 100 cm³/mol. The molecule has 0 atom stereocenters. The summed E-state index contributed by atoms with van der Waals surface area (Å²) in [6.45, 7) is 1.72. The van der Waals surface area contributed by atoms with Crippen LogP contribution in [0.25, 0.3) is 0 Å². The summed E-state index contributed by atoms with van der Waals surface area (Å²) in [7, 11) is 0. The fourth-order valence-electron chi connectivity index (χ4n) is 3.03. The number of carboxylic acid groups (broad SMARTS) is 1. The number of nitrogens with zero attached hydrogens (tertiary/aromatic N) is 2. The molecule has 1 aliphatic rings. The van der Waals surface area contributed by atoms with E-state index in [4.69, 9.17) is 30.6 Å². The van der Waals surface area contributed by atoms with Gasteiger partial charge in [0.2, 0.25) is 12.7 Å². The molecule has 1 aliphatic heterocycles. The predicted octanol–water partition coefficient (Wildman–Crippen LogP) is 3.96. The molecule has 0 saturated carbocycles. The topological polar surface area (TPSA) is 85.0 Å². The third kappa shape index (κ3) is 4.27. The second-order valence-corrected chi connectivity index (χ2v) is 6.83. The van der Waals surface area contributed by atoms with E-state index < -0.39 is 5.97 Å². The Kier molecular flexibility index (Phi) is 5.18. The molecular formula is C20H17ClN2O5. The SMILES string of the molecule is O=C(O)c1coc(CN(Cc2cccc(Cl)c2)Cc2ccc3c(c2)OCO3)n1. The van der Waals surface area contributed by atoms with Crippen molar-refractivity contribution in [3.8, 4) is 11.5 Å². The van der Waals surface area contributed by atoms with Crippen molar-refractivity contribution in [1.29, 1.82) is 0 Å². The van der Waals surface area contributed by atoms with Crippen LogP contribution in [-0.4, -0.2) is 27.8 Å². The number of ether oxygens (including phenoxy) is 2. The van der Waals surface area contributed by atoms with Crippen molar-refractivity contribution in [3.63, 3.8) is 0 Å². The smallest absolute Gasteiger partial charge is 0.357 e. The lowest BCUT2D eigenvalue weighted by molar-refractivity contribution is 0.0690. The first kappa shape index (κ1) is 18.3. The third-order valence-electron chi connectivity index (χ3n) is 4.27. The number of oxazole rings is 1. The molecular weight excluding hydrogens is 384 g/mol. The largest absolute Gasteiger partial charge is 0.476 e. The van der Waals surface area contributed by atoms with Crippen LogP contribution in [0, 0.1) is 0 Å². The molecule has 2 aromatic carbocycles. The lowest BCUT2D eigenvalue weighted by Crippen LogP contribution is -2.22. The van der Waals surface area contributed by atoms with Gasteiger partial charge in [0, 0.05) is 18.1 Å². The van der Waals surface area contributed by atoms with Gasteiger partial charge in [-0.1, -0.05) is 29.8 Å². The van der Waals surface area contributed by atoms with Crippen LogP contribution in [0.1, 0.15) is 27.5 Å². The van der Waals surface area contributed by atoms with Crippen molar-refractivity contribution in [1.82, 2.24) is 9.88 Å². The van der Waals surface area contributed by atoms with Gasteiger partial charge in [0.05, 0.1) is 6.54 Å². The Labute approximate surface area is 166 Å². The molecule has 0 saturated heterocycles. The van der Waals surface area contributed by atoms with Crippen LogP contribution in [0.2, 0.25) is 5.02 Å². The summed E-state index contributed by atoms with van der Waals surface area (Å²) in [6.07, 6.45) is 1.15. The third-order valence-corrected chi connectivity index (χ3v) is 4.50. The molecule has 2 heterocycles. The van der Waals surface area contributed by atoms with Gasteiger partial charge in [0.25, 0.3) is 0 Å². The fourth-order valence-corrected chi connectivity index (χ4v) is 3.24. The summed E-state index contributed by atoms with van der Waals surface area (Å²) in [5, 5.41) is 9.70. The van der Waals surface area contributed by atoms with Crippen LogP contribution in [0.3, 0.4) is 0 Å². The van der Waals surface area contributed by atoms with Crippen molar-refractivity contribution >= 4 is 17.6 Å². The van der Waals surface area contributed by atoms with Gasteiger partial charge in [-0.15, -0.1) is 0 Å². The lowest BCUT2D eigenvalue weighted by atomic mass is 10.1. The standard InChI is InChI=1S/C20H17ClN2O5/c21-15-3-1-2-13(6-15)8-23(10-19-22-16(11-26-19)20(24)25)9-14-4-5-17-18(7-14)28-12-27-17/h1-7,11H,8-10,12H2,(H,24,25). The number of carbonyl (C=O) groups is 1. The first-order valence-electron chi connectivity index (χ1n) is 8.60. The van der Waals surface area contributed by atoms with E-state index in [1.165, 1.54) is 0 Å². The summed E-state index contributed by atoms with van der Waals surface area (Å²) >= 11 is 6.11. The molecule has 8 heteroatoms. The van der Waals surface area contributed by atoms with Crippen LogP contribution in [0.5, 0.6) is 11.5 Å². The molecule has 0 unspecified atom stereocenters. The molecule has 0 aliphatic carbocycles. The number of halogens is 1. The first-order chi connectivity index (χ1) is 13.6. The Morgan fingerprint density at radius 1 is 1.07 bits per heavy atom. The summed E-state index contributed by atoms with van der Waals surface area (Å²) < 4.78 is 16.1. The number of hydrogen-bond donors (Lipinski definition) is 1. The van der Waals surface area contributed by atoms with Gasteiger partial charge in [-0.25, -0.2) is 9.78 Å². The zero-order chi connectivity index (χ0) is 19.5. The van der Waals surface area contributed by atoms with Crippen molar-refractivity contribution in [2.75, 3.05) is 6.79 Å². The Morgan fingerprint density at radius 3 is 2.61 bits per heavy atom. The quantitative estimate of drug-likeness (QED) is 0.642. The lowest BCUT2D eigenvalue weighted by Gasteiger charge is -2.21. The van der Waals surface area contributed by atoms with Gasteiger partial charge >= 0.3 is 5.97 Å². The molecule has 0 spiro atoms. The normalized spacial score (nSPS) is 12.5. The van der Waals surface area contributed by atoms with Gasteiger partial charge in [0.1, 0.15) is 6.26 Å². The van der Waals surface area contributed by atoms with Crippen molar-refractivity contribution in [2.45, 2.75) is 19.6 Å². The molecule has 0 bridgehead atoms. The Bertz CT molecular complexity index is 1000. The Hall–Kier alpha value is -3.03. The zero-order valence-electron chi connectivity index (χ0n) is 14.8. The molecule has 0 amide bonds. The average Bonchev–Trinajstić information content (AvgIpc) is 3.30. The summed E-state index contributed by atoms with van der Waals surface area (Å²) in [4.78, 5) is 17.2. The highest BCUT2D eigenvalue weighted by molar-refractivity contribution is 6.30. The highest BCUT2D eigenvalue weighted by atomic mass is 35.5. The number of aromatic nitrogens is 1. The maximum atomic E-state index is 11.1. The maximum Gasteiger partial charge on any atom is 0.357 e. The fraction of sp³-hybridized carbons (Fsp3) is 0.200. The van der Waals surface area contributed by atoms with Crippen molar-refractivity contribution in [3.05, 3.63) is 76.5 Å². The number of fused-ring (bicyclic) bond motifs is 1. The van der Waals surface area contributed by atoms with Crippen LogP contribution in [0.15, 0.2) is 53.1 Å². The van der Waals surface area contributed by atoms with E-state index in [1.54, 1.807) is 0 Å². The molecule has 7 nitrogen and oxygen atoms in total. The molecule has 0 radical (unpaired) electrons. The van der Waals surface area contributed by atoms with E-state index >= 15 is 0 Å². The monoisotopic (exact) mass is 400 g/mol. The van der Waals surface area contributed by atoms with E-state index in [-0.39, 0.29) is 12.5 Å². The van der Waals surface area contributed by atoms with Crippen LogP contribution < -0.4 is 9.47 Å². The Balaban J connectivity index is 1.55. The second-order valence-electron chi connectivity index (χ2n) is 6.39. The van der Waals surface area contributed by atoms with Gasteiger partial charge in [-0.2, -0.15) is 0 Å². The minimum atomic E-state index is -1.12. The molecule has 28 heavy (non-hydrogen) atoms. The number of aromatic carboxylic acids is 1. The van der Waals surface area contributed by atoms with E-state index in [0.717, 1.165) is 23.1 Å². The molecule has 3 aromatic rings. The number of benzene rings is 2. The van der Waals surface area contributed by atoms with Gasteiger partial charge in [-0.3, -0.25) is 4.90 Å². The number of carboxylic acids is 1. The van der Waals surface area contributed by atoms with E-state index in [0.29, 0.717) is 36.3 Å². The van der Waals surface area contributed by atoms with E-state index in [9.17, 15) is 4.79 Å². The van der Waals surface area contributed by atoms with E-state index in [1.807, 2.05) is 42.5 Å². The minimum absolute atomic E-state index is 0.110. The first-order valence-corrected chi connectivity index (χ1v) is 8.97. The van der Waals surface area contributed by atoms with Crippen molar-refractivity contribution in [2.24, 2.45) is 0 Å². The molecule has 4 rings (SSSR count). The summed E-state index contributed by atoms with van der Waals surface area (Å²) in [5.74, 6) is 0.653. The van der Waals surface area contributed by atoms with Gasteiger partial charge in [-0.05, 0) is 35.4 Å². The Morgan fingerprint density at radius 2 is 1.86 bits per heavy atom. The van der Waals surface area contributed by atoms with Crippen LogP contribution in [0.4, 0.5) is 0 Å². The molecule has 1 aromatic heterocycles. The second kappa shape index (κ2) is 7.92. The summed E-state index contributed by atoms with van der Waals surface area (Å²) in [6, 6.07) is 13.4. The zero-order valence-corrected chi connectivity index (χ0v) is 15.6.